The summed E-state index contributed by atoms with van der Waals surface area (Å²) < 4.78 is 14.2. The average Bonchev–Trinajstić information content (AvgIpc) is 2.40. The van der Waals surface area contributed by atoms with Gasteiger partial charge >= 0.3 is 0 Å². The lowest BCUT2D eigenvalue weighted by Crippen LogP contribution is -2.24. The molecule has 1 amide bonds. The number of benzene rings is 2. The third kappa shape index (κ3) is 3.32. The first kappa shape index (κ1) is 13.5. The van der Waals surface area contributed by atoms with Crippen molar-refractivity contribution in [1.29, 1.82) is 0 Å². The van der Waals surface area contributed by atoms with Crippen molar-refractivity contribution in [3.63, 3.8) is 0 Å². The lowest BCUT2D eigenvalue weighted by atomic mass is 10.1. The van der Waals surface area contributed by atoms with Crippen LogP contribution in [0.15, 0.2) is 46.9 Å². The zero-order valence-corrected chi connectivity index (χ0v) is 11.6. The Morgan fingerprint density at radius 1 is 1.26 bits per heavy atom. The number of nitrogens with two attached hydrogens (primary N) is 1. The Labute approximate surface area is 118 Å². The Kier molecular flexibility index (Phi) is 4.16. The highest BCUT2D eigenvalue weighted by Crippen LogP contribution is 2.18. The minimum Gasteiger partial charge on any atom is -0.398 e. The molecule has 0 bridgehead atoms. The first-order chi connectivity index (χ1) is 9.08. The van der Waals surface area contributed by atoms with Crippen molar-refractivity contribution in [3.05, 3.63) is 63.9 Å². The van der Waals surface area contributed by atoms with Gasteiger partial charge in [-0.1, -0.05) is 34.1 Å². The molecule has 0 heterocycles. The molecule has 0 aliphatic rings. The van der Waals surface area contributed by atoms with Gasteiger partial charge in [-0.3, -0.25) is 4.79 Å². The van der Waals surface area contributed by atoms with E-state index in [0.29, 0.717) is 16.8 Å². The molecule has 0 atom stereocenters. The standard InChI is InChI=1S/C14H12BrFN2O/c15-10-5-6-13(17)11(7-10)14(19)18-8-9-3-1-2-4-12(9)16/h1-7H,8,17H2,(H,18,19). The van der Waals surface area contributed by atoms with Gasteiger partial charge in [-0.2, -0.15) is 0 Å². The summed E-state index contributed by atoms with van der Waals surface area (Å²) in [4.78, 5) is 12.0. The van der Waals surface area contributed by atoms with Gasteiger partial charge in [0.1, 0.15) is 5.82 Å². The van der Waals surface area contributed by atoms with E-state index in [1.165, 1.54) is 6.07 Å². The highest BCUT2D eigenvalue weighted by atomic mass is 79.9. The lowest BCUT2D eigenvalue weighted by Gasteiger charge is -2.08. The van der Waals surface area contributed by atoms with Gasteiger partial charge in [0.25, 0.3) is 5.91 Å². The van der Waals surface area contributed by atoms with E-state index in [2.05, 4.69) is 21.2 Å². The van der Waals surface area contributed by atoms with Gasteiger partial charge < -0.3 is 11.1 Å². The van der Waals surface area contributed by atoms with Crippen LogP contribution in [0.1, 0.15) is 15.9 Å². The SMILES string of the molecule is Nc1ccc(Br)cc1C(=O)NCc1ccccc1F. The number of carbonyl (C=O) groups is 1. The van der Waals surface area contributed by atoms with E-state index in [0.717, 1.165) is 4.47 Å². The Bertz CT molecular complexity index is 616. The summed E-state index contributed by atoms with van der Waals surface area (Å²) in [5, 5.41) is 2.64. The number of hydrogen-bond donors (Lipinski definition) is 2. The number of hydrogen-bond acceptors (Lipinski definition) is 2. The molecule has 19 heavy (non-hydrogen) atoms. The van der Waals surface area contributed by atoms with E-state index < -0.39 is 0 Å². The molecule has 0 aliphatic heterocycles. The first-order valence-electron chi connectivity index (χ1n) is 5.64. The van der Waals surface area contributed by atoms with Crippen LogP contribution in [0.5, 0.6) is 0 Å². The van der Waals surface area contributed by atoms with Crippen LogP contribution in [0.2, 0.25) is 0 Å². The van der Waals surface area contributed by atoms with Gasteiger partial charge in [0, 0.05) is 22.3 Å². The summed E-state index contributed by atoms with van der Waals surface area (Å²) in [5.74, 6) is -0.674. The van der Waals surface area contributed by atoms with Gasteiger partial charge in [-0.25, -0.2) is 4.39 Å². The Morgan fingerprint density at radius 3 is 2.74 bits per heavy atom. The van der Waals surface area contributed by atoms with Crippen molar-refractivity contribution in [3.8, 4) is 0 Å². The number of carbonyl (C=O) groups excluding carboxylic acids is 1. The molecule has 0 radical (unpaired) electrons. The van der Waals surface area contributed by atoms with Gasteiger partial charge in [0.15, 0.2) is 0 Å². The Balaban J connectivity index is 2.10. The fraction of sp³-hybridized carbons (Fsp3) is 0.0714. The van der Waals surface area contributed by atoms with Crippen LogP contribution in [0.25, 0.3) is 0 Å². The Hall–Kier alpha value is -1.88. The van der Waals surface area contributed by atoms with Crippen LogP contribution in [-0.2, 0) is 6.54 Å². The van der Waals surface area contributed by atoms with Crippen molar-refractivity contribution in [2.75, 3.05) is 5.73 Å². The zero-order valence-electron chi connectivity index (χ0n) is 9.99. The minimum atomic E-state index is -0.343. The summed E-state index contributed by atoms with van der Waals surface area (Å²) >= 11 is 3.28. The van der Waals surface area contributed by atoms with Crippen LogP contribution in [0, 0.1) is 5.82 Å². The van der Waals surface area contributed by atoms with Gasteiger partial charge in [0.2, 0.25) is 0 Å². The maximum atomic E-state index is 13.4. The molecule has 3 nitrogen and oxygen atoms in total. The zero-order chi connectivity index (χ0) is 13.8. The summed E-state index contributed by atoms with van der Waals surface area (Å²) in [5.41, 5.74) is 6.92. The minimum absolute atomic E-state index is 0.122. The molecular weight excluding hydrogens is 311 g/mol. The fourth-order valence-electron chi connectivity index (χ4n) is 1.64. The van der Waals surface area contributed by atoms with Crippen LogP contribution >= 0.6 is 15.9 Å². The highest BCUT2D eigenvalue weighted by molar-refractivity contribution is 9.10. The van der Waals surface area contributed by atoms with Crippen molar-refractivity contribution >= 4 is 27.5 Å². The topological polar surface area (TPSA) is 55.1 Å². The second-order valence-electron chi connectivity index (χ2n) is 4.01. The van der Waals surface area contributed by atoms with Crippen molar-refractivity contribution in [2.24, 2.45) is 0 Å². The second-order valence-corrected chi connectivity index (χ2v) is 4.92. The summed E-state index contributed by atoms with van der Waals surface area (Å²) in [6.45, 7) is 0.122. The lowest BCUT2D eigenvalue weighted by molar-refractivity contribution is 0.0951. The summed E-state index contributed by atoms with van der Waals surface area (Å²) in [6.07, 6.45) is 0. The largest absolute Gasteiger partial charge is 0.398 e. The van der Waals surface area contributed by atoms with Crippen LogP contribution in [0.4, 0.5) is 10.1 Å². The molecule has 0 aliphatic carbocycles. The monoisotopic (exact) mass is 322 g/mol. The predicted molar refractivity (Wildman–Crippen MR) is 76.1 cm³/mol. The number of anilines is 1. The normalized spacial score (nSPS) is 10.2. The molecule has 2 aromatic rings. The van der Waals surface area contributed by atoms with E-state index in [1.54, 1.807) is 36.4 Å². The molecule has 2 aromatic carbocycles. The summed E-state index contributed by atoms with van der Waals surface area (Å²) in [6, 6.07) is 11.3. The third-order valence-corrected chi connectivity index (χ3v) is 3.15. The molecule has 0 unspecified atom stereocenters. The number of rotatable bonds is 3. The van der Waals surface area contributed by atoms with E-state index in [4.69, 9.17) is 5.73 Å². The number of amides is 1. The highest BCUT2D eigenvalue weighted by Gasteiger charge is 2.10. The smallest absolute Gasteiger partial charge is 0.253 e. The maximum Gasteiger partial charge on any atom is 0.253 e. The first-order valence-corrected chi connectivity index (χ1v) is 6.44. The number of nitrogen functional groups attached to an aromatic ring is 1. The molecule has 98 valence electrons. The third-order valence-electron chi connectivity index (χ3n) is 2.66. The van der Waals surface area contributed by atoms with E-state index in [1.807, 2.05) is 0 Å². The number of halogens is 2. The van der Waals surface area contributed by atoms with E-state index in [9.17, 15) is 9.18 Å². The van der Waals surface area contributed by atoms with Crippen molar-refractivity contribution < 1.29 is 9.18 Å². The molecule has 3 N–H and O–H groups in total. The average molecular weight is 323 g/mol. The predicted octanol–water partition coefficient (Wildman–Crippen LogP) is 3.10. The molecule has 5 heteroatoms. The molecular formula is C14H12BrFN2O. The maximum absolute atomic E-state index is 13.4. The molecule has 0 saturated carbocycles. The molecule has 0 aromatic heterocycles. The van der Waals surface area contributed by atoms with Gasteiger partial charge in [0.05, 0.1) is 5.56 Å². The molecule has 2 rings (SSSR count). The molecule has 0 fully saturated rings. The van der Waals surface area contributed by atoms with Gasteiger partial charge in [-0.05, 0) is 24.3 Å². The van der Waals surface area contributed by atoms with Crippen molar-refractivity contribution in [2.45, 2.75) is 6.54 Å². The van der Waals surface area contributed by atoms with Crippen molar-refractivity contribution in [1.82, 2.24) is 5.32 Å². The Morgan fingerprint density at radius 2 is 2.00 bits per heavy atom. The van der Waals surface area contributed by atoms with Crippen LogP contribution in [-0.4, -0.2) is 5.91 Å². The molecule has 0 spiro atoms. The number of nitrogens with one attached hydrogen (secondary N) is 1. The summed E-state index contributed by atoms with van der Waals surface area (Å²) in [7, 11) is 0. The molecule has 0 saturated heterocycles. The van der Waals surface area contributed by atoms with E-state index in [-0.39, 0.29) is 18.3 Å². The van der Waals surface area contributed by atoms with Crippen LogP contribution in [0.3, 0.4) is 0 Å². The fourth-order valence-corrected chi connectivity index (χ4v) is 2.00. The van der Waals surface area contributed by atoms with Gasteiger partial charge in [-0.15, -0.1) is 0 Å². The second kappa shape index (κ2) is 5.84. The van der Waals surface area contributed by atoms with E-state index >= 15 is 0 Å². The quantitative estimate of drug-likeness (QED) is 0.853. The van der Waals surface area contributed by atoms with Crippen LogP contribution < -0.4 is 11.1 Å².